The van der Waals surface area contributed by atoms with Crippen molar-refractivity contribution in [2.45, 2.75) is 12.4 Å². The molecule has 3 aromatic rings. The Bertz CT molecular complexity index is 1090. The first-order valence-electron chi connectivity index (χ1n) is 8.61. The van der Waals surface area contributed by atoms with E-state index < -0.39 is 28.2 Å². The van der Waals surface area contributed by atoms with E-state index in [1.165, 1.54) is 31.6 Å². The van der Waals surface area contributed by atoms with Crippen LogP contribution in [-0.4, -0.2) is 69.5 Å². The summed E-state index contributed by atoms with van der Waals surface area (Å²) in [4.78, 5) is 8.30. The molecule has 3 rings (SSSR count). The standard InChI is InChI=1S/C16H17F3N8O3S/c1-27(31(2,28)29)9-13(10-3-5-12(6-4-10)30-16(17,18)19)22-15-20-7-11(8-21-15)14-23-25-26-24-14/h3-8,13H,9H2,1-2H3,(H,20,21,22)(H,23,24,25,26). The van der Waals surface area contributed by atoms with E-state index >= 15 is 0 Å². The highest BCUT2D eigenvalue weighted by molar-refractivity contribution is 7.88. The molecule has 0 aliphatic carbocycles. The van der Waals surface area contributed by atoms with Gasteiger partial charge < -0.3 is 10.1 Å². The maximum atomic E-state index is 12.4. The van der Waals surface area contributed by atoms with E-state index in [0.717, 1.165) is 22.7 Å². The number of ether oxygens (including phenoxy) is 1. The van der Waals surface area contributed by atoms with E-state index in [2.05, 4.69) is 40.6 Å². The monoisotopic (exact) mass is 458 g/mol. The summed E-state index contributed by atoms with van der Waals surface area (Å²) in [6.45, 7) is -0.0335. The molecular formula is C16H17F3N8O3S. The van der Waals surface area contributed by atoms with Crippen LogP contribution in [0, 0.1) is 0 Å². The van der Waals surface area contributed by atoms with E-state index in [1.54, 1.807) is 0 Å². The molecule has 0 bridgehead atoms. The predicted molar refractivity (Wildman–Crippen MR) is 102 cm³/mol. The summed E-state index contributed by atoms with van der Waals surface area (Å²) in [5.74, 6) is 0.0575. The minimum atomic E-state index is -4.82. The van der Waals surface area contributed by atoms with Crippen LogP contribution >= 0.6 is 0 Å². The smallest absolute Gasteiger partial charge is 0.406 e. The van der Waals surface area contributed by atoms with Crippen molar-refractivity contribution in [2.75, 3.05) is 25.2 Å². The fraction of sp³-hybridized carbons (Fsp3) is 0.312. The first-order chi connectivity index (χ1) is 14.5. The summed E-state index contributed by atoms with van der Waals surface area (Å²) >= 11 is 0. The number of anilines is 1. The Labute approximate surface area is 174 Å². The third-order valence-corrected chi connectivity index (χ3v) is 5.36. The van der Waals surface area contributed by atoms with Gasteiger partial charge in [-0.2, -0.15) is 5.21 Å². The van der Waals surface area contributed by atoms with Crippen molar-refractivity contribution < 1.29 is 26.3 Å². The molecular weight excluding hydrogens is 441 g/mol. The van der Waals surface area contributed by atoms with E-state index in [-0.39, 0.29) is 12.5 Å². The number of nitrogens with zero attached hydrogens (tertiary/aromatic N) is 6. The number of rotatable bonds is 8. The number of aromatic amines is 1. The van der Waals surface area contributed by atoms with Crippen molar-refractivity contribution in [1.29, 1.82) is 0 Å². The molecule has 0 amide bonds. The molecule has 1 atom stereocenters. The van der Waals surface area contributed by atoms with Crippen LogP contribution in [0.1, 0.15) is 11.6 Å². The average molecular weight is 458 g/mol. The van der Waals surface area contributed by atoms with Gasteiger partial charge in [0.15, 0.2) is 0 Å². The lowest BCUT2D eigenvalue weighted by atomic mass is 10.1. The number of likely N-dealkylation sites (N-methyl/N-ethyl adjacent to an activating group) is 1. The lowest BCUT2D eigenvalue weighted by Gasteiger charge is -2.24. The molecule has 31 heavy (non-hydrogen) atoms. The fourth-order valence-electron chi connectivity index (χ4n) is 2.49. The Morgan fingerprint density at radius 1 is 1.19 bits per heavy atom. The Balaban J connectivity index is 1.82. The molecule has 11 nitrogen and oxygen atoms in total. The number of nitrogens with one attached hydrogen (secondary N) is 2. The summed E-state index contributed by atoms with van der Waals surface area (Å²) < 4.78 is 65.8. The van der Waals surface area contributed by atoms with Gasteiger partial charge >= 0.3 is 6.36 Å². The maximum Gasteiger partial charge on any atom is 0.573 e. The second kappa shape index (κ2) is 8.81. The molecule has 0 saturated heterocycles. The number of halogens is 3. The van der Waals surface area contributed by atoms with E-state index in [9.17, 15) is 21.6 Å². The van der Waals surface area contributed by atoms with Crippen LogP contribution in [0.5, 0.6) is 5.75 Å². The van der Waals surface area contributed by atoms with E-state index in [0.29, 0.717) is 17.0 Å². The first-order valence-corrected chi connectivity index (χ1v) is 10.5. The van der Waals surface area contributed by atoms with Crippen molar-refractivity contribution in [3.05, 3.63) is 42.2 Å². The predicted octanol–water partition coefficient (Wildman–Crippen LogP) is 1.60. The number of hydrogen-bond donors (Lipinski definition) is 2. The number of tetrazole rings is 1. The molecule has 1 unspecified atom stereocenters. The van der Waals surface area contributed by atoms with Crippen molar-refractivity contribution in [1.82, 2.24) is 34.9 Å². The molecule has 0 fully saturated rings. The van der Waals surface area contributed by atoms with Crippen LogP contribution in [-0.2, 0) is 10.0 Å². The van der Waals surface area contributed by atoms with Gasteiger partial charge in [0.1, 0.15) is 5.75 Å². The molecule has 166 valence electrons. The van der Waals surface area contributed by atoms with Crippen LogP contribution in [0.15, 0.2) is 36.7 Å². The number of hydrogen-bond acceptors (Lipinski definition) is 9. The third-order valence-electron chi connectivity index (χ3n) is 4.08. The highest BCUT2D eigenvalue weighted by atomic mass is 32.2. The normalized spacial score (nSPS) is 13.2. The fourth-order valence-corrected chi connectivity index (χ4v) is 2.91. The van der Waals surface area contributed by atoms with Crippen LogP contribution in [0.25, 0.3) is 11.4 Å². The van der Waals surface area contributed by atoms with Gasteiger partial charge in [-0.05, 0) is 22.9 Å². The Hall–Kier alpha value is -3.33. The highest BCUT2D eigenvalue weighted by Gasteiger charge is 2.31. The van der Waals surface area contributed by atoms with Crippen LogP contribution in [0.2, 0.25) is 0 Å². The summed E-state index contributed by atoms with van der Waals surface area (Å²) in [6, 6.07) is 4.39. The quantitative estimate of drug-likeness (QED) is 0.515. The molecule has 0 aliphatic rings. The topological polar surface area (TPSA) is 139 Å². The maximum absolute atomic E-state index is 12.4. The first kappa shape index (κ1) is 22.4. The molecule has 2 aromatic heterocycles. The van der Waals surface area contributed by atoms with Gasteiger partial charge in [0.25, 0.3) is 0 Å². The summed E-state index contributed by atoms with van der Waals surface area (Å²) in [5.41, 5.74) is 0.994. The zero-order chi connectivity index (χ0) is 22.6. The average Bonchev–Trinajstić information content (AvgIpc) is 3.21. The lowest BCUT2D eigenvalue weighted by Crippen LogP contribution is -2.33. The van der Waals surface area contributed by atoms with Crippen LogP contribution < -0.4 is 10.1 Å². The van der Waals surface area contributed by atoms with Gasteiger partial charge in [0, 0.05) is 26.0 Å². The third kappa shape index (κ3) is 6.32. The van der Waals surface area contributed by atoms with Crippen molar-refractivity contribution >= 4 is 16.0 Å². The Morgan fingerprint density at radius 3 is 2.35 bits per heavy atom. The lowest BCUT2D eigenvalue weighted by molar-refractivity contribution is -0.274. The molecule has 15 heteroatoms. The van der Waals surface area contributed by atoms with Gasteiger partial charge in [0.05, 0.1) is 17.9 Å². The van der Waals surface area contributed by atoms with Gasteiger partial charge in [-0.25, -0.2) is 22.7 Å². The van der Waals surface area contributed by atoms with E-state index in [4.69, 9.17) is 0 Å². The number of aromatic nitrogens is 6. The summed E-state index contributed by atoms with van der Waals surface area (Å²) in [7, 11) is -2.13. The van der Waals surface area contributed by atoms with Gasteiger partial charge in [0.2, 0.25) is 21.8 Å². The molecule has 2 N–H and O–H groups in total. The molecule has 0 radical (unpaired) electrons. The zero-order valence-electron chi connectivity index (χ0n) is 16.2. The minimum Gasteiger partial charge on any atom is -0.406 e. The SMILES string of the molecule is CN(CC(Nc1ncc(-c2nn[nH]n2)cn1)c1ccc(OC(F)(F)F)cc1)S(C)(=O)=O. The Kier molecular flexibility index (Phi) is 6.35. The van der Waals surface area contributed by atoms with Crippen molar-refractivity contribution in [3.8, 4) is 17.1 Å². The molecule has 2 heterocycles. The second-order valence-corrected chi connectivity index (χ2v) is 8.48. The zero-order valence-corrected chi connectivity index (χ0v) is 17.0. The van der Waals surface area contributed by atoms with E-state index in [1.807, 2.05) is 0 Å². The minimum absolute atomic E-state index is 0.0335. The largest absolute Gasteiger partial charge is 0.573 e. The van der Waals surface area contributed by atoms with Gasteiger partial charge in [-0.15, -0.1) is 23.4 Å². The molecule has 0 saturated carbocycles. The molecule has 0 spiro atoms. The van der Waals surface area contributed by atoms with Crippen LogP contribution in [0.3, 0.4) is 0 Å². The summed E-state index contributed by atoms with van der Waals surface area (Å²) in [6.07, 6.45) is -0.889. The Morgan fingerprint density at radius 2 is 1.84 bits per heavy atom. The number of benzene rings is 1. The number of H-pyrrole nitrogens is 1. The second-order valence-electron chi connectivity index (χ2n) is 6.39. The van der Waals surface area contributed by atoms with Crippen molar-refractivity contribution in [3.63, 3.8) is 0 Å². The highest BCUT2D eigenvalue weighted by Crippen LogP contribution is 2.26. The summed E-state index contributed by atoms with van der Waals surface area (Å²) in [5, 5.41) is 16.4. The van der Waals surface area contributed by atoms with Gasteiger partial charge in [-0.3, -0.25) is 0 Å². The number of alkyl halides is 3. The van der Waals surface area contributed by atoms with Gasteiger partial charge in [-0.1, -0.05) is 12.1 Å². The molecule has 1 aromatic carbocycles. The number of sulfonamides is 1. The van der Waals surface area contributed by atoms with Crippen molar-refractivity contribution in [2.24, 2.45) is 0 Å². The molecule has 0 aliphatic heterocycles. The van der Waals surface area contributed by atoms with Crippen LogP contribution in [0.4, 0.5) is 19.1 Å².